The van der Waals surface area contributed by atoms with Gasteiger partial charge in [-0.1, -0.05) is 12.8 Å². The molecule has 0 aromatic carbocycles. The van der Waals surface area contributed by atoms with Crippen molar-refractivity contribution in [1.29, 1.82) is 0 Å². The van der Waals surface area contributed by atoms with Gasteiger partial charge in [-0.05, 0) is 52.8 Å². The van der Waals surface area contributed by atoms with E-state index < -0.39 is 0 Å². The van der Waals surface area contributed by atoms with E-state index in [-0.39, 0.29) is 11.7 Å². The highest BCUT2D eigenvalue weighted by atomic mass is 16.2. The molecule has 0 bridgehead atoms. The Kier molecular flexibility index (Phi) is 5.63. The lowest BCUT2D eigenvalue weighted by Gasteiger charge is -2.25. The molecule has 1 fully saturated rings. The third-order valence-corrected chi connectivity index (χ3v) is 4.86. The lowest BCUT2D eigenvalue weighted by molar-refractivity contribution is 0.0733. The van der Waals surface area contributed by atoms with Crippen LogP contribution in [0.3, 0.4) is 0 Å². The second-order valence-electron chi connectivity index (χ2n) is 6.83. The van der Waals surface area contributed by atoms with E-state index in [1.807, 2.05) is 31.7 Å². The summed E-state index contributed by atoms with van der Waals surface area (Å²) in [6, 6.07) is 1.94. The third-order valence-electron chi connectivity index (χ3n) is 4.86. The molecule has 0 spiro atoms. The lowest BCUT2D eigenvalue weighted by atomic mass is 10.2. The van der Waals surface area contributed by atoms with E-state index in [9.17, 15) is 4.79 Å². The SMILES string of the molecule is CCN(CCN1CCCCCC1)C(=O)c1nc2nc(C)cc(C)n2n1. The maximum atomic E-state index is 12.8. The summed E-state index contributed by atoms with van der Waals surface area (Å²) >= 11 is 0. The highest BCUT2D eigenvalue weighted by Crippen LogP contribution is 2.11. The molecule has 0 aliphatic carbocycles. The summed E-state index contributed by atoms with van der Waals surface area (Å²) in [6.07, 6.45) is 5.17. The summed E-state index contributed by atoms with van der Waals surface area (Å²) in [4.78, 5) is 25.8. The van der Waals surface area contributed by atoms with Gasteiger partial charge in [0.15, 0.2) is 0 Å². The molecule has 0 atom stereocenters. The summed E-state index contributed by atoms with van der Waals surface area (Å²) in [6.45, 7) is 10.4. The van der Waals surface area contributed by atoms with Crippen LogP contribution in [0.4, 0.5) is 0 Å². The molecule has 0 N–H and O–H groups in total. The van der Waals surface area contributed by atoms with Crippen LogP contribution in [0.5, 0.6) is 0 Å². The van der Waals surface area contributed by atoms with Gasteiger partial charge in [-0.2, -0.15) is 4.98 Å². The first-order valence-corrected chi connectivity index (χ1v) is 9.31. The highest BCUT2D eigenvalue weighted by molar-refractivity contribution is 5.90. The number of carbonyl (C=O) groups is 1. The molecule has 7 heteroatoms. The van der Waals surface area contributed by atoms with Crippen molar-refractivity contribution in [3.63, 3.8) is 0 Å². The molecule has 1 aliphatic rings. The van der Waals surface area contributed by atoms with E-state index in [0.717, 1.165) is 37.6 Å². The van der Waals surface area contributed by atoms with Crippen LogP contribution in [0.2, 0.25) is 0 Å². The smallest absolute Gasteiger partial charge is 0.293 e. The number of hydrogen-bond acceptors (Lipinski definition) is 5. The van der Waals surface area contributed by atoms with Crippen LogP contribution >= 0.6 is 0 Å². The van der Waals surface area contributed by atoms with Crippen molar-refractivity contribution >= 4 is 11.7 Å². The molecule has 0 saturated carbocycles. The molecule has 1 aliphatic heterocycles. The van der Waals surface area contributed by atoms with Crippen molar-refractivity contribution < 1.29 is 4.79 Å². The fourth-order valence-electron chi connectivity index (χ4n) is 3.42. The van der Waals surface area contributed by atoms with E-state index in [0.29, 0.717) is 12.3 Å². The molecule has 136 valence electrons. The zero-order valence-corrected chi connectivity index (χ0v) is 15.5. The van der Waals surface area contributed by atoms with Gasteiger partial charge in [0.25, 0.3) is 11.7 Å². The molecule has 0 radical (unpaired) electrons. The van der Waals surface area contributed by atoms with Crippen molar-refractivity contribution in [3.8, 4) is 0 Å². The maximum absolute atomic E-state index is 12.8. The standard InChI is InChI=1S/C18H28N6O/c1-4-23(12-11-22-9-7-5-6-8-10-22)17(25)16-20-18-19-14(2)13-15(3)24(18)21-16/h13H,4-12H2,1-3H3. The van der Waals surface area contributed by atoms with Gasteiger partial charge in [-0.3, -0.25) is 4.79 Å². The van der Waals surface area contributed by atoms with Crippen LogP contribution in [0.25, 0.3) is 5.78 Å². The predicted octanol–water partition coefficient (Wildman–Crippen LogP) is 2.08. The van der Waals surface area contributed by atoms with Gasteiger partial charge in [0, 0.05) is 31.0 Å². The molecular weight excluding hydrogens is 316 g/mol. The van der Waals surface area contributed by atoms with Gasteiger partial charge in [0.05, 0.1) is 0 Å². The Morgan fingerprint density at radius 3 is 2.56 bits per heavy atom. The zero-order chi connectivity index (χ0) is 17.8. The number of likely N-dealkylation sites (N-methyl/N-ethyl adjacent to an activating group) is 1. The number of rotatable bonds is 5. The fourth-order valence-corrected chi connectivity index (χ4v) is 3.42. The van der Waals surface area contributed by atoms with Crippen LogP contribution < -0.4 is 0 Å². The summed E-state index contributed by atoms with van der Waals surface area (Å²) in [7, 11) is 0. The van der Waals surface area contributed by atoms with Crippen molar-refractivity contribution in [2.45, 2.75) is 46.5 Å². The molecule has 7 nitrogen and oxygen atoms in total. The van der Waals surface area contributed by atoms with Crippen LogP contribution in [0, 0.1) is 13.8 Å². The Hall–Kier alpha value is -2.02. The van der Waals surface area contributed by atoms with E-state index in [1.165, 1.54) is 25.7 Å². The Labute approximate surface area is 149 Å². The minimum absolute atomic E-state index is 0.111. The van der Waals surface area contributed by atoms with E-state index in [2.05, 4.69) is 20.0 Å². The summed E-state index contributed by atoms with van der Waals surface area (Å²) in [5.41, 5.74) is 1.81. The fraction of sp³-hybridized carbons (Fsp3) is 0.667. The first-order chi connectivity index (χ1) is 12.1. The number of hydrogen-bond donors (Lipinski definition) is 0. The number of aromatic nitrogens is 4. The average molecular weight is 344 g/mol. The largest absolute Gasteiger partial charge is 0.335 e. The normalized spacial score (nSPS) is 16.1. The topological polar surface area (TPSA) is 66.6 Å². The molecule has 3 rings (SSSR count). The molecule has 0 unspecified atom stereocenters. The molecule has 1 saturated heterocycles. The van der Waals surface area contributed by atoms with E-state index in [1.54, 1.807) is 4.52 Å². The summed E-state index contributed by atoms with van der Waals surface area (Å²) < 4.78 is 1.64. The van der Waals surface area contributed by atoms with Gasteiger partial charge in [0.1, 0.15) is 0 Å². The number of amides is 1. The summed E-state index contributed by atoms with van der Waals surface area (Å²) in [5.74, 6) is 0.614. The van der Waals surface area contributed by atoms with Gasteiger partial charge in [0.2, 0.25) is 5.82 Å². The third kappa shape index (κ3) is 4.15. The molecule has 3 heterocycles. The lowest BCUT2D eigenvalue weighted by Crippen LogP contribution is -2.39. The number of aryl methyl sites for hydroxylation is 2. The van der Waals surface area contributed by atoms with Gasteiger partial charge >= 0.3 is 0 Å². The second kappa shape index (κ2) is 7.91. The molecule has 2 aromatic heterocycles. The minimum atomic E-state index is -0.111. The second-order valence-corrected chi connectivity index (χ2v) is 6.83. The highest BCUT2D eigenvalue weighted by Gasteiger charge is 2.21. The number of nitrogens with zero attached hydrogens (tertiary/aromatic N) is 6. The van der Waals surface area contributed by atoms with Gasteiger partial charge < -0.3 is 9.80 Å². The molecule has 2 aromatic rings. The number of fused-ring (bicyclic) bond motifs is 1. The zero-order valence-electron chi connectivity index (χ0n) is 15.5. The van der Waals surface area contributed by atoms with Crippen LogP contribution in [0.15, 0.2) is 6.07 Å². The van der Waals surface area contributed by atoms with Crippen LogP contribution in [-0.2, 0) is 0 Å². The van der Waals surface area contributed by atoms with Crippen molar-refractivity contribution in [1.82, 2.24) is 29.4 Å². The average Bonchev–Trinajstić information content (AvgIpc) is 2.84. The van der Waals surface area contributed by atoms with Gasteiger partial charge in [-0.25, -0.2) is 9.50 Å². The number of carbonyl (C=O) groups excluding carboxylic acids is 1. The Morgan fingerprint density at radius 1 is 1.16 bits per heavy atom. The Bertz CT molecular complexity index is 732. The predicted molar refractivity (Wildman–Crippen MR) is 96.7 cm³/mol. The molecule has 25 heavy (non-hydrogen) atoms. The van der Waals surface area contributed by atoms with E-state index >= 15 is 0 Å². The Balaban J connectivity index is 1.70. The van der Waals surface area contributed by atoms with E-state index in [4.69, 9.17) is 0 Å². The molecular formula is C18H28N6O. The van der Waals surface area contributed by atoms with Crippen LogP contribution in [0.1, 0.15) is 54.6 Å². The maximum Gasteiger partial charge on any atom is 0.293 e. The minimum Gasteiger partial charge on any atom is -0.335 e. The molecule has 1 amide bonds. The van der Waals surface area contributed by atoms with Crippen molar-refractivity contribution in [3.05, 3.63) is 23.3 Å². The quantitative estimate of drug-likeness (QED) is 0.831. The van der Waals surface area contributed by atoms with Crippen LogP contribution in [-0.4, -0.2) is 68.0 Å². The van der Waals surface area contributed by atoms with Crippen molar-refractivity contribution in [2.75, 3.05) is 32.7 Å². The monoisotopic (exact) mass is 344 g/mol. The number of likely N-dealkylation sites (tertiary alicyclic amines) is 1. The first kappa shape index (κ1) is 17.8. The van der Waals surface area contributed by atoms with Gasteiger partial charge in [-0.15, -0.1) is 5.10 Å². The summed E-state index contributed by atoms with van der Waals surface area (Å²) in [5, 5.41) is 4.37. The van der Waals surface area contributed by atoms with Crippen molar-refractivity contribution in [2.24, 2.45) is 0 Å². The Morgan fingerprint density at radius 2 is 1.88 bits per heavy atom. The first-order valence-electron chi connectivity index (χ1n) is 9.31.